The molecule has 1 heterocycles. The van der Waals surface area contributed by atoms with Crippen LogP contribution in [0.1, 0.15) is 26.7 Å². The maximum absolute atomic E-state index is 10.9. The minimum Gasteiger partial charge on any atom is -0.465 e. The van der Waals surface area contributed by atoms with Crippen LogP contribution >= 0.6 is 0 Å². The van der Waals surface area contributed by atoms with Gasteiger partial charge in [0.25, 0.3) is 0 Å². The Labute approximate surface area is 85.5 Å². The van der Waals surface area contributed by atoms with E-state index in [1.54, 1.807) is 4.90 Å². The fourth-order valence-corrected chi connectivity index (χ4v) is 2.06. The Hall–Kier alpha value is -0.770. The molecular weight excluding hydrogens is 180 g/mol. The number of likely N-dealkylation sites (N-methyl/N-ethyl adjacent to an activating group) is 1. The van der Waals surface area contributed by atoms with Gasteiger partial charge in [-0.05, 0) is 25.9 Å². The van der Waals surface area contributed by atoms with Crippen LogP contribution in [0.5, 0.6) is 0 Å². The number of likely N-dealkylation sites (tertiary alicyclic amines) is 1. The minimum atomic E-state index is -0.764. The number of hydrogen-bond donors (Lipinski definition) is 1. The van der Waals surface area contributed by atoms with Crippen LogP contribution in [0.4, 0.5) is 4.79 Å². The zero-order valence-electron chi connectivity index (χ0n) is 9.07. The van der Waals surface area contributed by atoms with Gasteiger partial charge in [-0.25, -0.2) is 4.79 Å². The lowest BCUT2D eigenvalue weighted by molar-refractivity contribution is 0.127. The molecule has 1 fully saturated rings. The summed E-state index contributed by atoms with van der Waals surface area (Å²) in [6.45, 7) is 7.83. The van der Waals surface area contributed by atoms with Crippen LogP contribution in [0.2, 0.25) is 0 Å². The third-order valence-corrected chi connectivity index (χ3v) is 2.99. The molecule has 0 saturated carbocycles. The summed E-state index contributed by atoms with van der Waals surface area (Å²) >= 11 is 0. The van der Waals surface area contributed by atoms with E-state index in [1.807, 2.05) is 0 Å². The predicted molar refractivity (Wildman–Crippen MR) is 55.5 cm³/mol. The first-order chi connectivity index (χ1) is 6.69. The quantitative estimate of drug-likeness (QED) is 0.747. The summed E-state index contributed by atoms with van der Waals surface area (Å²) in [7, 11) is 0. The monoisotopic (exact) mass is 200 g/mol. The van der Waals surface area contributed by atoms with Crippen molar-refractivity contribution in [2.75, 3.05) is 26.2 Å². The molecule has 14 heavy (non-hydrogen) atoms. The molecule has 1 aliphatic rings. The molecule has 1 amide bonds. The molecule has 0 spiro atoms. The van der Waals surface area contributed by atoms with Gasteiger partial charge in [-0.2, -0.15) is 0 Å². The number of hydrogen-bond acceptors (Lipinski definition) is 2. The van der Waals surface area contributed by atoms with Gasteiger partial charge >= 0.3 is 6.09 Å². The van der Waals surface area contributed by atoms with Gasteiger partial charge in [0.1, 0.15) is 0 Å². The van der Waals surface area contributed by atoms with E-state index in [-0.39, 0.29) is 6.04 Å². The molecule has 82 valence electrons. The second-order valence-electron chi connectivity index (χ2n) is 3.76. The first-order valence-electron chi connectivity index (χ1n) is 5.41. The van der Waals surface area contributed by atoms with E-state index in [0.29, 0.717) is 6.54 Å². The van der Waals surface area contributed by atoms with E-state index in [1.165, 1.54) is 0 Å². The molecule has 0 aliphatic carbocycles. The summed E-state index contributed by atoms with van der Waals surface area (Å²) < 4.78 is 0. The number of amides is 1. The van der Waals surface area contributed by atoms with Gasteiger partial charge in [0.15, 0.2) is 0 Å². The lowest BCUT2D eigenvalue weighted by Gasteiger charge is -2.27. The molecular formula is C10H20N2O2. The van der Waals surface area contributed by atoms with E-state index in [2.05, 4.69) is 18.7 Å². The van der Waals surface area contributed by atoms with E-state index in [9.17, 15) is 4.79 Å². The van der Waals surface area contributed by atoms with Gasteiger partial charge in [0.05, 0.1) is 0 Å². The molecule has 4 heteroatoms. The molecule has 0 unspecified atom stereocenters. The summed E-state index contributed by atoms with van der Waals surface area (Å²) in [5.74, 6) is 0. The Bertz CT molecular complexity index is 193. The smallest absolute Gasteiger partial charge is 0.407 e. The van der Waals surface area contributed by atoms with Crippen molar-refractivity contribution >= 4 is 6.09 Å². The van der Waals surface area contributed by atoms with E-state index >= 15 is 0 Å². The van der Waals surface area contributed by atoms with E-state index < -0.39 is 6.09 Å². The van der Waals surface area contributed by atoms with Crippen LogP contribution in [-0.2, 0) is 0 Å². The third-order valence-electron chi connectivity index (χ3n) is 2.99. The van der Waals surface area contributed by atoms with Crippen LogP contribution < -0.4 is 0 Å². The molecule has 0 radical (unpaired) electrons. The fraction of sp³-hybridized carbons (Fsp3) is 0.900. The van der Waals surface area contributed by atoms with Gasteiger partial charge in [-0.3, -0.25) is 0 Å². The third kappa shape index (κ3) is 2.61. The highest BCUT2D eigenvalue weighted by Crippen LogP contribution is 2.18. The van der Waals surface area contributed by atoms with Crippen molar-refractivity contribution in [2.24, 2.45) is 0 Å². The normalized spacial score (nSPS) is 21.9. The summed E-state index contributed by atoms with van der Waals surface area (Å²) in [6.07, 6.45) is 1.26. The Morgan fingerprint density at radius 1 is 1.50 bits per heavy atom. The van der Waals surface area contributed by atoms with Gasteiger partial charge in [0, 0.05) is 19.1 Å². The Morgan fingerprint density at radius 2 is 2.14 bits per heavy atom. The van der Waals surface area contributed by atoms with Gasteiger partial charge in [0.2, 0.25) is 0 Å². The SMILES string of the molecule is CCN(CC)C[C@@H]1CCCN1C(=O)O. The molecule has 1 rings (SSSR count). The molecule has 1 atom stereocenters. The van der Waals surface area contributed by atoms with E-state index in [0.717, 1.165) is 32.5 Å². The number of nitrogens with zero attached hydrogens (tertiary/aromatic N) is 2. The first kappa shape index (κ1) is 11.3. The van der Waals surface area contributed by atoms with Crippen LogP contribution in [0.15, 0.2) is 0 Å². The second kappa shape index (κ2) is 5.20. The molecule has 1 saturated heterocycles. The lowest BCUT2D eigenvalue weighted by Crippen LogP contribution is -2.42. The number of carbonyl (C=O) groups is 1. The summed E-state index contributed by atoms with van der Waals surface area (Å²) in [6, 6.07) is 0.215. The van der Waals surface area contributed by atoms with E-state index in [4.69, 9.17) is 5.11 Å². The van der Waals surface area contributed by atoms with Gasteiger partial charge < -0.3 is 14.9 Å². The van der Waals surface area contributed by atoms with Crippen molar-refractivity contribution in [1.82, 2.24) is 9.80 Å². The van der Waals surface area contributed by atoms with Gasteiger partial charge in [-0.1, -0.05) is 13.8 Å². The van der Waals surface area contributed by atoms with Crippen LogP contribution in [0.25, 0.3) is 0 Å². The molecule has 0 bridgehead atoms. The minimum absolute atomic E-state index is 0.215. The number of carboxylic acid groups (broad SMARTS) is 1. The molecule has 0 aromatic heterocycles. The molecule has 0 aromatic carbocycles. The maximum Gasteiger partial charge on any atom is 0.407 e. The standard InChI is InChI=1S/C10H20N2O2/c1-3-11(4-2)8-9-6-5-7-12(9)10(13)14/h9H,3-8H2,1-2H3,(H,13,14)/t9-/m0/s1. The van der Waals surface area contributed by atoms with Crippen LogP contribution in [-0.4, -0.2) is 53.2 Å². The van der Waals surface area contributed by atoms with Crippen molar-refractivity contribution in [3.05, 3.63) is 0 Å². The summed E-state index contributed by atoms with van der Waals surface area (Å²) in [5, 5.41) is 8.95. The zero-order valence-corrected chi connectivity index (χ0v) is 9.07. The number of rotatable bonds is 4. The zero-order chi connectivity index (χ0) is 10.6. The van der Waals surface area contributed by atoms with Crippen LogP contribution in [0, 0.1) is 0 Å². The van der Waals surface area contributed by atoms with Crippen molar-refractivity contribution in [3.8, 4) is 0 Å². The van der Waals surface area contributed by atoms with Crippen molar-refractivity contribution in [3.63, 3.8) is 0 Å². The maximum atomic E-state index is 10.9. The van der Waals surface area contributed by atoms with Crippen molar-refractivity contribution in [2.45, 2.75) is 32.7 Å². The van der Waals surface area contributed by atoms with Gasteiger partial charge in [-0.15, -0.1) is 0 Å². The van der Waals surface area contributed by atoms with Crippen molar-refractivity contribution < 1.29 is 9.90 Å². The topological polar surface area (TPSA) is 43.8 Å². The Kier molecular flexibility index (Phi) is 4.20. The predicted octanol–water partition coefficient (Wildman–Crippen LogP) is 1.47. The summed E-state index contributed by atoms with van der Waals surface area (Å²) in [4.78, 5) is 14.7. The summed E-state index contributed by atoms with van der Waals surface area (Å²) in [5.41, 5.74) is 0. The Balaban J connectivity index is 2.46. The largest absolute Gasteiger partial charge is 0.465 e. The molecule has 1 N–H and O–H groups in total. The average Bonchev–Trinajstić information content (AvgIpc) is 2.62. The molecule has 4 nitrogen and oxygen atoms in total. The Morgan fingerprint density at radius 3 is 2.64 bits per heavy atom. The highest BCUT2D eigenvalue weighted by Gasteiger charge is 2.29. The lowest BCUT2D eigenvalue weighted by atomic mass is 10.2. The average molecular weight is 200 g/mol. The molecule has 1 aliphatic heterocycles. The highest BCUT2D eigenvalue weighted by atomic mass is 16.4. The fourth-order valence-electron chi connectivity index (χ4n) is 2.06. The van der Waals surface area contributed by atoms with Crippen LogP contribution in [0.3, 0.4) is 0 Å². The molecule has 0 aromatic rings. The first-order valence-corrected chi connectivity index (χ1v) is 5.41. The second-order valence-corrected chi connectivity index (χ2v) is 3.76. The highest BCUT2D eigenvalue weighted by molar-refractivity contribution is 5.65. The van der Waals surface area contributed by atoms with Crippen molar-refractivity contribution in [1.29, 1.82) is 0 Å².